The molecular formula is C16H13BrClN3O4S. The third kappa shape index (κ3) is 3.39. The predicted molar refractivity (Wildman–Crippen MR) is 101 cm³/mol. The lowest BCUT2D eigenvalue weighted by molar-refractivity contribution is 0.0956. The van der Waals surface area contributed by atoms with E-state index in [4.69, 9.17) is 16.1 Å². The molecule has 0 fully saturated rings. The quantitative estimate of drug-likeness (QED) is 0.580. The third-order valence-corrected chi connectivity index (χ3v) is 5.84. The molecule has 26 heavy (non-hydrogen) atoms. The average molecular weight is 459 g/mol. The first kappa shape index (κ1) is 19.0. The fraction of sp³-hybridized carbons (Fsp3) is 0.188. The molecule has 2 N–H and O–H groups in total. The highest BCUT2D eigenvalue weighted by Crippen LogP contribution is 2.39. The molecule has 0 aliphatic heterocycles. The predicted octanol–water partition coefficient (Wildman–Crippen LogP) is 3.32. The van der Waals surface area contributed by atoms with Crippen LogP contribution in [0.15, 0.2) is 32.2 Å². The Morgan fingerprint density at radius 3 is 2.85 bits per heavy atom. The Morgan fingerprint density at radius 2 is 2.23 bits per heavy atom. The van der Waals surface area contributed by atoms with E-state index < -0.39 is 17.1 Å². The summed E-state index contributed by atoms with van der Waals surface area (Å²) >= 11 is 7.75. The molecule has 2 heterocycles. The van der Waals surface area contributed by atoms with Crippen molar-refractivity contribution < 1.29 is 19.0 Å². The van der Waals surface area contributed by atoms with E-state index in [1.54, 1.807) is 25.1 Å². The summed E-state index contributed by atoms with van der Waals surface area (Å²) < 4.78 is 18.4. The Bertz CT molecular complexity index is 1010. The lowest BCUT2D eigenvalue weighted by Gasteiger charge is -2.15. The molecule has 0 saturated heterocycles. The number of benzene rings is 1. The van der Waals surface area contributed by atoms with Crippen LogP contribution in [0.5, 0.6) is 5.75 Å². The number of hydrogen-bond donors (Lipinski definition) is 2. The van der Waals surface area contributed by atoms with Gasteiger partial charge in [-0.05, 0) is 35.0 Å². The second-order valence-electron chi connectivity index (χ2n) is 5.39. The van der Waals surface area contributed by atoms with Gasteiger partial charge in [0.1, 0.15) is 17.2 Å². The molecule has 2 aromatic heterocycles. The number of rotatable bonds is 4. The van der Waals surface area contributed by atoms with Crippen LogP contribution in [0.2, 0.25) is 5.02 Å². The van der Waals surface area contributed by atoms with Crippen molar-refractivity contribution in [3.05, 3.63) is 44.7 Å². The van der Waals surface area contributed by atoms with Gasteiger partial charge in [-0.25, -0.2) is 0 Å². The average Bonchev–Trinajstić information content (AvgIpc) is 3.01. The number of carbonyl (C=O) groups is 1. The standard InChI is InChI=1S/C16H13BrClN3O4S/c1-7-5-8(21-25-7)6-26(24)16-12(15(23)19-2)14(22)11-10(18)4-3-9(17)13(11)20-16/h3-5H,6H2,1-2H3,(H,19,23)(H,20,22). The number of halogens is 2. The first-order valence-electron chi connectivity index (χ1n) is 7.36. The maximum Gasteiger partial charge on any atom is 0.262 e. The summed E-state index contributed by atoms with van der Waals surface area (Å²) in [6.45, 7) is 1.72. The topological polar surface area (TPSA) is 111 Å². The number of nitrogens with one attached hydrogen (secondary N) is 1. The molecule has 0 bridgehead atoms. The minimum absolute atomic E-state index is 0.0164. The van der Waals surface area contributed by atoms with E-state index in [0.29, 0.717) is 21.4 Å². The van der Waals surface area contributed by atoms with E-state index in [9.17, 15) is 14.5 Å². The van der Waals surface area contributed by atoms with E-state index in [0.717, 1.165) is 0 Å². The first-order valence-corrected chi connectivity index (χ1v) is 9.85. The Kier molecular flexibility index (Phi) is 5.42. The van der Waals surface area contributed by atoms with E-state index in [1.165, 1.54) is 7.05 Å². The fourth-order valence-corrected chi connectivity index (χ4v) is 4.26. The lowest BCUT2D eigenvalue weighted by Crippen LogP contribution is -2.23. The highest BCUT2D eigenvalue weighted by atomic mass is 79.9. The molecule has 3 aromatic rings. The summed E-state index contributed by atoms with van der Waals surface area (Å²) in [5.74, 6) is -0.433. The van der Waals surface area contributed by atoms with Gasteiger partial charge in [0.25, 0.3) is 10.9 Å². The number of carbonyl (C=O) groups excluding carboxylic acids is 1. The third-order valence-electron chi connectivity index (χ3n) is 3.60. The van der Waals surface area contributed by atoms with Gasteiger partial charge in [0.2, 0.25) is 0 Å². The highest BCUT2D eigenvalue weighted by Gasteiger charge is 2.30. The Morgan fingerprint density at radius 1 is 1.50 bits per heavy atom. The Balaban J connectivity index is 2.22. The normalized spacial score (nSPS) is 12.3. The van der Waals surface area contributed by atoms with Crippen molar-refractivity contribution in [3.63, 3.8) is 0 Å². The van der Waals surface area contributed by atoms with Gasteiger partial charge in [-0.15, -0.1) is 0 Å². The van der Waals surface area contributed by atoms with Gasteiger partial charge in [0.05, 0.1) is 15.9 Å². The SMILES string of the molecule is CNC(=O)c1c([S+]([O-])Cc2cc(C)on2)nc2c(Br)ccc(Cl)c2c1O. The van der Waals surface area contributed by atoms with Crippen LogP contribution < -0.4 is 5.32 Å². The maximum atomic E-state index is 12.9. The second-order valence-corrected chi connectivity index (χ2v) is 8.02. The molecule has 0 spiro atoms. The van der Waals surface area contributed by atoms with Crippen LogP contribution in [0.4, 0.5) is 0 Å². The van der Waals surface area contributed by atoms with E-state index in [1.807, 2.05) is 0 Å². The number of fused-ring (bicyclic) bond motifs is 1. The Hall–Kier alpha value is -1.81. The van der Waals surface area contributed by atoms with E-state index in [2.05, 4.69) is 31.4 Å². The van der Waals surface area contributed by atoms with Gasteiger partial charge in [-0.1, -0.05) is 16.8 Å². The molecule has 1 unspecified atom stereocenters. The van der Waals surface area contributed by atoms with Crippen LogP contribution in [0.1, 0.15) is 21.8 Å². The van der Waals surface area contributed by atoms with Crippen LogP contribution in [0.3, 0.4) is 0 Å². The summed E-state index contributed by atoms with van der Waals surface area (Å²) in [6.07, 6.45) is 0. The number of pyridine rings is 1. The summed E-state index contributed by atoms with van der Waals surface area (Å²) in [5, 5.41) is 17.3. The summed E-state index contributed by atoms with van der Waals surface area (Å²) in [6, 6.07) is 4.87. The molecule has 10 heteroatoms. The van der Waals surface area contributed by atoms with Gasteiger partial charge in [0.15, 0.2) is 11.3 Å². The zero-order chi connectivity index (χ0) is 19.0. The number of hydrogen-bond acceptors (Lipinski definition) is 6. The number of aromatic hydroxyl groups is 1. The highest BCUT2D eigenvalue weighted by molar-refractivity contribution is 9.10. The summed E-state index contributed by atoms with van der Waals surface area (Å²) in [4.78, 5) is 16.7. The van der Waals surface area contributed by atoms with Gasteiger partial charge in [-0.2, -0.15) is 4.98 Å². The minimum atomic E-state index is -1.75. The van der Waals surface area contributed by atoms with Crippen molar-refractivity contribution in [2.24, 2.45) is 0 Å². The van der Waals surface area contributed by atoms with Crippen molar-refractivity contribution in [1.29, 1.82) is 0 Å². The van der Waals surface area contributed by atoms with Gasteiger partial charge in [0, 0.05) is 28.8 Å². The zero-order valence-corrected chi connectivity index (χ0v) is 16.8. The number of aromatic nitrogens is 2. The molecule has 7 nitrogen and oxygen atoms in total. The van der Waals surface area contributed by atoms with Gasteiger partial charge >= 0.3 is 0 Å². The monoisotopic (exact) mass is 457 g/mol. The maximum absolute atomic E-state index is 12.9. The van der Waals surface area contributed by atoms with Crippen molar-refractivity contribution in [2.45, 2.75) is 17.7 Å². The van der Waals surface area contributed by atoms with Crippen LogP contribution in [-0.2, 0) is 16.9 Å². The molecule has 1 aromatic carbocycles. The molecule has 1 atom stereocenters. The molecule has 0 radical (unpaired) electrons. The fourth-order valence-electron chi connectivity index (χ4n) is 2.44. The Labute approximate surface area is 165 Å². The smallest absolute Gasteiger partial charge is 0.262 e. The number of nitrogens with zero attached hydrogens (tertiary/aromatic N) is 2. The van der Waals surface area contributed by atoms with E-state index in [-0.39, 0.29) is 32.5 Å². The van der Waals surface area contributed by atoms with Gasteiger partial charge < -0.3 is 19.5 Å². The van der Waals surface area contributed by atoms with Crippen molar-refractivity contribution >= 4 is 55.5 Å². The van der Waals surface area contributed by atoms with Crippen molar-refractivity contribution in [3.8, 4) is 5.75 Å². The minimum Gasteiger partial charge on any atom is -0.610 e. The molecular weight excluding hydrogens is 446 g/mol. The molecule has 0 aliphatic rings. The van der Waals surface area contributed by atoms with Crippen LogP contribution in [0, 0.1) is 6.92 Å². The molecule has 1 amide bonds. The first-order chi connectivity index (χ1) is 12.3. The van der Waals surface area contributed by atoms with Crippen LogP contribution in [-0.4, -0.2) is 32.8 Å². The molecule has 0 saturated carbocycles. The number of amides is 1. The van der Waals surface area contributed by atoms with Crippen LogP contribution in [0.25, 0.3) is 10.9 Å². The van der Waals surface area contributed by atoms with E-state index >= 15 is 0 Å². The summed E-state index contributed by atoms with van der Waals surface area (Å²) in [5.41, 5.74) is 0.580. The molecule has 0 aliphatic carbocycles. The zero-order valence-electron chi connectivity index (χ0n) is 13.7. The van der Waals surface area contributed by atoms with Gasteiger partial charge in [-0.3, -0.25) is 4.79 Å². The van der Waals surface area contributed by atoms with Crippen LogP contribution >= 0.6 is 27.5 Å². The largest absolute Gasteiger partial charge is 0.610 e. The lowest BCUT2D eigenvalue weighted by atomic mass is 10.1. The molecule has 3 rings (SSSR count). The summed E-state index contributed by atoms with van der Waals surface area (Å²) in [7, 11) is 1.40. The molecule has 136 valence electrons. The second kappa shape index (κ2) is 7.43. The van der Waals surface area contributed by atoms with Crippen molar-refractivity contribution in [2.75, 3.05) is 7.05 Å². The van der Waals surface area contributed by atoms with Crippen molar-refractivity contribution in [1.82, 2.24) is 15.5 Å². The number of aryl methyl sites for hydroxylation is 1.